The predicted octanol–water partition coefficient (Wildman–Crippen LogP) is 1.10. The Bertz CT molecular complexity index is 145. The largest absolute Gasteiger partial charge is 0.382 e. The minimum absolute atomic E-state index is 0.0544. The second-order valence-corrected chi connectivity index (χ2v) is 2.68. The second-order valence-electron chi connectivity index (χ2n) is 2.68. The van der Waals surface area contributed by atoms with Crippen LogP contribution in [-0.4, -0.2) is 25.7 Å². The van der Waals surface area contributed by atoms with Gasteiger partial charge in [-0.05, 0) is 13.3 Å². The normalized spacial score (nSPS) is 12.2. The number of nitrogens with one attached hydrogen (secondary N) is 1. The molecule has 0 fully saturated rings. The van der Waals surface area contributed by atoms with E-state index in [0.29, 0.717) is 13.0 Å². The van der Waals surface area contributed by atoms with E-state index in [4.69, 9.17) is 4.74 Å². The van der Waals surface area contributed by atoms with Gasteiger partial charge in [0.25, 0.3) is 0 Å². The molecule has 1 amide bonds. The monoisotopic (exact) mass is 171 g/mol. The highest BCUT2D eigenvalue weighted by atomic mass is 16.5. The number of hydrogen-bond acceptors (Lipinski definition) is 2. The maximum Gasteiger partial charge on any atom is 0.220 e. The molecule has 0 aliphatic carbocycles. The zero-order valence-electron chi connectivity index (χ0n) is 7.80. The lowest BCUT2D eigenvalue weighted by Crippen LogP contribution is -2.24. The van der Waals surface area contributed by atoms with Crippen molar-refractivity contribution in [3.05, 3.63) is 12.7 Å². The van der Waals surface area contributed by atoms with Crippen molar-refractivity contribution >= 4 is 5.91 Å². The standard InChI is InChI=1S/C9H17NO2/c1-4-7-10-9(11)6-5-8(2)12-3/h4,8H,1,5-7H2,2-3H3,(H,10,11). The van der Waals surface area contributed by atoms with E-state index in [1.807, 2.05) is 6.92 Å². The summed E-state index contributed by atoms with van der Waals surface area (Å²) in [4.78, 5) is 11.0. The number of rotatable bonds is 6. The molecule has 0 aliphatic heterocycles. The molecule has 0 rings (SSSR count). The van der Waals surface area contributed by atoms with E-state index in [9.17, 15) is 4.79 Å². The van der Waals surface area contributed by atoms with Gasteiger partial charge in [-0.1, -0.05) is 6.08 Å². The molecule has 0 heterocycles. The first-order valence-electron chi connectivity index (χ1n) is 4.11. The van der Waals surface area contributed by atoms with Crippen molar-refractivity contribution in [1.29, 1.82) is 0 Å². The van der Waals surface area contributed by atoms with Gasteiger partial charge < -0.3 is 10.1 Å². The smallest absolute Gasteiger partial charge is 0.220 e. The molecule has 0 aliphatic rings. The van der Waals surface area contributed by atoms with E-state index in [0.717, 1.165) is 6.42 Å². The zero-order valence-corrected chi connectivity index (χ0v) is 7.80. The summed E-state index contributed by atoms with van der Waals surface area (Å²) in [5.41, 5.74) is 0. The van der Waals surface area contributed by atoms with Gasteiger partial charge in [-0.15, -0.1) is 6.58 Å². The van der Waals surface area contributed by atoms with Crippen molar-refractivity contribution in [3.63, 3.8) is 0 Å². The van der Waals surface area contributed by atoms with Gasteiger partial charge in [0.1, 0.15) is 0 Å². The van der Waals surface area contributed by atoms with E-state index in [2.05, 4.69) is 11.9 Å². The molecule has 1 N–H and O–H groups in total. The van der Waals surface area contributed by atoms with Gasteiger partial charge in [0.2, 0.25) is 5.91 Å². The first-order valence-corrected chi connectivity index (χ1v) is 4.11. The Kier molecular flexibility index (Phi) is 6.38. The maximum absolute atomic E-state index is 11.0. The van der Waals surface area contributed by atoms with Crippen LogP contribution in [0.2, 0.25) is 0 Å². The number of hydrogen-bond donors (Lipinski definition) is 1. The third kappa shape index (κ3) is 5.92. The molecule has 0 aromatic heterocycles. The van der Waals surface area contributed by atoms with Crippen molar-refractivity contribution in [1.82, 2.24) is 5.32 Å². The molecule has 0 spiro atoms. The van der Waals surface area contributed by atoms with E-state index in [-0.39, 0.29) is 12.0 Å². The summed E-state index contributed by atoms with van der Waals surface area (Å²) in [5.74, 6) is 0.0544. The molecule has 0 saturated heterocycles. The van der Waals surface area contributed by atoms with Crippen LogP contribution in [0.25, 0.3) is 0 Å². The van der Waals surface area contributed by atoms with Crippen molar-refractivity contribution < 1.29 is 9.53 Å². The first-order chi connectivity index (χ1) is 5.70. The van der Waals surface area contributed by atoms with Crippen molar-refractivity contribution in [2.75, 3.05) is 13.7 Å². The fraction of sp³-hybridized carbons (Fsp3) is 0.667. The SMILES string of the molecule is C=CCNC(=O)CCC(C)OC. The minimum atomic E-state index is 0.0544. The lowest BCUT2D eigenvalue weighted by molar-refractivity contribution is -0.121. The third-order valence-electron chi connectivity index (χ3n) is 1.62. The molecule has 70 valence electrons. The summed E-state index contributed by atoms with van der Waals surface area (Å²) >= 11 is 0. The van der Waals surface area contributed by atoms with Crippen molar-refractivity contribution in [3.8, 4) is 0 Å². The van der Waals surface area contributed by atoms with Crippen LogP contribution in [0.15, 0.2) is 12.7 Å². The minimum Gasteiger partial charge on any atom is -0.382 e. The molecular weight excluding hydrogens is 154 g/mol. The van der Waals surface area contributed by atoms with Gasteiger partial charge in [0.05, 0.1) is 6.10 Å². The molecule has 3 heteroatoms. The number of carbonyl (C=O) groups excluding carboxylic acids is 1. The summed E-state index contributed by atoms with van der Waals surface area (Å²) in [6, 6.07) is 0. The van der Waals surface area contributed by atoms with Gasteiger partial charge in [-0.25, -0.2) is 0 Å². The van der Waals surface area contributed by atoms with Gasteiger partial charge in [0.15, 0.2) is 0 Å². The van der Waals surface area contributed by atoms with E-state index in [1.54, 1.807) is 13.2 Å². The highest BCUT2D eigenvalue weighted by molar-refractivity contribution is 5.75. The zero-order chi connectivity index (χ0) is 9.40. The van der Waals surface area contributed by atoms with Gasteiger partial charge in [0, 0.05) is 20.1 Å². The summed E-state index contributed by atoms with van der Waals surface area (Å²) in [5, 5.41) is 2.70. The fourth-order valence-corrected chi connectivity index (χ4v) is 0.727. The molecule has 0 bridgehead atoms. The molecule has 0 aromatic carbocycles. The number of amides is 1. The van der Waals surface area contributed by atoms with Crippen LogP contribution in [0.5, 0.6) is 0 Å². The van der Waals surface area contributed by atoms with Crippen LogP contribution in [-0.2, 0) is 9.53 Å². The Labute approximate surface area is 73.8 Å². The highest BCUT2D eigenvalue weighted by Crippen LogP contribution is 1.98. The Morgan fingerprint density at radius 2 is 2.42 bits per heavy atom. The molecule has 0 radical (unpaired) electrons. The fourth-order valence-electron chi connectivity index (χ4n) is 0.727. The van der Waals surface area contributed by atoms with Crippen LogP contribution in [0.4, 0.5) is 0 Å². The highest BCUT2D eigenvalue weighted by Gasteiger charge is 2.03. The van der Waals surface area contributed by atoms with E-state index in [1.165, 1.54) is 0 Å². The summed E-state index contributed by atoms with van der Waals surface area (Å²) < 4.78 is 5.00. The topological polar surface area (TPSA) is 38.3 Å². The van der Waals surface area contributed by atoms with Crippen LogP contribution >= 0.6 is 0 Å². The molecule has 0 aromatic rings. The number of carbonyl (C=O) groups is 1. The van der Waals surface area contributed by atoms with Crippen LogP contribution < -0.4 is 5.32 Å². The van der Waals surface area contributed by atoms with Gasteiger partial charge >= 0.3 is 0 Å². The maximum atomic E-state index is 11.0. The summed E-state index contributed by atoms with van der Waals surface area (Å²) in [6.07, 6.45) is 3.10. The Morgan fingerprint density at radius 3 is 2.92 bits per heavy atom. The molecule has 3 nitrogen and oxygen atoms in total. The Hall–Kier alpha value is -0.830. The van der Waals surface area contributed by atoms with Gasteiger partial charge in [-0.3, -0.25) is 4.79 Å². The van der Waals surface area contributed by atoms with Crippen molar-refractivity contribution in [2.24, 2.45) is 0 Å². The second kappa shape index (κ2) is 6.85. The third-order valence-corrected chi connectivity index (χ3v) is 1.62. The predicted molar refractivity (Wildman–Crippen MR) is 48.9 cm³/mol. The molecule has 1 unspecified atom stereocenters. The van der Waals surface area contributed by atoms with E-state index >= 15 is 0 Å². The van der Waals surface area contributed by atoms with Crippen LogP contribution in [0.1, 0.15) is 19.8 Å². The lowest BCUT2D eigenvalue weighted by atomic mass is 10.2. The summed E-state index contributed by atoms with van der Waals surface area (Å²) in [6.45, 7) is 5.99. The number of ether oxygens (including phenoxy) is 1. The lowest BCUT2D eigenvalue weighted by Gasteiger charge is -2.08. The first kappa shape index (κ1) is 11.2. The molecule has 1 atom stereocenters. The molecular formula is C9H17NO2. The quantitative estimate of drug-likeness (QED) is 0.608. The Balaban J connectivity index is 3.36. The molecule has 12 heavy (non-hydrogen) atoms. The van der Waals surface area contributed by atoms with Crippen LogP contribution in [0, 0.1) is 0 Å². The van der Waals surface area contributed by atoms with E-state index < -0.39 is 0 Å². The average Bonchev–Trinajstić information content (AvgIpc) is 2.10. The Morgan fingerprint density at radius 1 is 1.75 bits per heavy atom. The average molecular weight is 171 g/mol. The number of methoxy groups -OCH3 is 1. The molecule has 0 saturated carbocycles. The van der Waals surface area contributed by atoms with Gasteiger partial charge in [-0.2, -0.15) is 0 Å². The van der Waals surface area contributed by atoms with Crippen LogP contribution in [0.3, 0.4) is 0 Å². The summed E-state index contributed by atoms with van der Waals surface area (Å²) in [7, 11) is 1.65. The van der Waals surface area contributed by atoms with Crippen molar-refractivity contribution in [2.45, 2.75) is 25.9 Å².